The second-order valence-electron chi connectivity index (χ2n) is 4.83. The summed E-state index contributed by atoms with van der Waals surface area (Å²) in [4.78, 5) is 32.2. The highest BCUT2D eigenvalue weighted by Gasteiger charge is 2.25. The van der Waals surface area contributed by atoms with Crippen LogP contribution in [0.15, 0.2) is 18.2 Å². The van der Waals surface area contributed by atoms with Gasteiger partial charge in [-0.2, -0.15) is 4.39 Å². The minimum atomic E-state index is -1.10. The van der Waals surface area contributed by atoms with Crippen molar-refractivity contribution in [1.82, 2.24) is 5.32 Å². The van der Waals surface area contributed by atoms with Gasteiger partial charge in [-0.15, -0.1) is 0 Å². The fourth-order valence-electron chi connectivity index (χ4n) is 1.60. The van der Waals surface area contributed by atoms with Gasteiger partial charge in [0.15, 0.2) is 0 Å². The summed E-state index contributed by atoms with van der Waals surface area (Å²) >= 11 is 0. The molecule has 0 atom stereocenters. The predicted octanol–water partition coefficient (Wildman–Crippen LogP) is 1.72. The van der Waals surface area contributed by atoms with Gasteiger partial charge in [0, 0.05) is 17.2 Å². The first-order valence-electron chi connectivity index (χ1n) is 5.60. The second-order valence-corrected chi connectivity index (χ2v) is 4.83. The average Bonchev–Trinajstić information content (AvgIpc) is 2.26. The smallest absolute Gasteiger partial charge is 0.305 e. The molecule has 1 aromatic rings. The van der Waals surface area contributed by atoms with E-state index in [4.69, 9.17) is 5.11 Å². The van der Waals surface area contributed by atoms with Crippen LogP contribution in [-0.2, 0) is 4.79 Å². The van der Waals surface area contributed by atoms with E-state index in [1.165, 1.54) is 13.8 Å². The third-order valence-corrected chi connectivity index (χ3v) is 2.45. The predicted molar refractivity (Wildman–Crippen MR) is 66.9 cm³/mol. The highest BCUT2D eigenvalue weighted by molar-refractivity contribution is 5.95. The third-order valence-electron chi connectivity index (χ3n) is 2.45. The lowest BCUT2D eigenvalue weighted by Crippen LogP contribution is -2.44. The summed E-state index contributed by atoms with van der Waals surface area (Å²) in [7, 11) is 0. The van der Waals surface area contributed by atoms with Crippen molar-refractivity contribution in [3.05, 3.63) is 39.7 Å². The monoisotopic (exact) mass is 284 g/mol. The number of nitrogens with one attached hydrogen (secondary N) is 1. The van der Waals surface area contributed by atoms with Crippen LogP contribution < -0.4 is 5.32 Å². The van der Waals surface area contributed by atoms with Gasteiger partial charge in [0.2, 0.25) is 5.82 Å². The van der Waals surface area contributed by atoms with Gasteiger partial charge in [-0.1, -0.05) is 0 Å². The van der Waals surface area contributed by atoms with Gasteiger partial charge in [-0.05, 0) is 26.0 Å². The van der Waals surface area contributed by atoms with E-state index in [2.05, 4.69) is 5.32 Å². The average molecular weight is 284 g/mol. The Hall–Kier alpha value is -2.51. The summed E-state index contributed by atoms with van der Waals surface area (Å²) in [5.74, 6) is -2.85. The van der Waals surface area contributed by atoms with Gasteiger partial charge >= 0.3 is 11.7 Å². The first-order chi connectivity index (χ1) is 9.12. The molecule has 0 bridgehead atoms. The highest BCUT2D eigenvalue weighted by Crippen LogP contribution is 2.19. The van der Waals surface area contributed by atoms with Crippen molar-refractivity contribution in [2.24, 2.45) is 0 Å². The number of aliphatic carboxylic acids is 1. The van der Waals surface area contributed by atoms with Crippen LogP contribution >= 0.6 is 0 Å². The maximum Gasteiger partial charge on any atom is 0.305 e. The van der Waals surface area contributed by atoms with E-state index in [-0.39, 0.29) is 12.0 Å². The van der Waals surface area contributed by atoms with Crippen molar-refractivity contribution in [2.45, 2.75) is 25.8 Å². The van der Waals surface area contributed by atoms with Gasteiger partial charge in [0.1, 0.15) is 0 Å². The maximum atomic E-state index is 13.1. The second kappa shape index (κ2) is 5.64. The quantitative estimate of drug-likeness (QED) is 0.632. The fourth-order valence-corrected chi connectivity index (χ4v) is 1.60. The van der Waals surface area contributed by atoms with Crippen LogP contribution in [-0.4, -0.2) is 27.4 Å². The molecule has 8 heteroatoms. The van der Waals surface area contributed by atoms with E-state index >= 15 is 0 Å². The number of nitrogens with zero attached hydrogens (tertiary/aromatic N) is 1. The molecule has 7 nitrogen and oxygen atoms in total. The summed E-state index contributed by atoms with van der Waals surface area (Å²) in [5, 5.41) is 21.7. The molecule has 0 fully saturated rings. The van der Waals surface area contributed by atoms with E-state index in [0.29, 0.717) is 0 Å². The number of nitro benzene ring substituents is 1. The molecule has 0 saturated carbocycles. The molecule has 0 saturated heterocycles. The highest BCUT2D eigenvalue weighted by atomic mass is 19.1. The molecule has 0 unspecified atom stereocenters. The largest absolute Gasteiger partial charge is 0.481 e. The molecular formula is C12H13FN2O5. The van der Waals surface area contributed by atoms with Crippen molar-refractivity contribution in [1.29, 1.82) is 0 Å². The maximum absolute atomic E-state index is 13.1. The number of carbonyl (C=O) groups excluding carboxylic acids is 1. The van der Waals surface area contributed by atoms with Crippen LogP contribution in [0.25, 0.3) is 0 Å². The summed E-state index contributed by atoms with van der Waals surface area (Å²) in [6, 6.07) is 2.72. The Balaban J connectivity index is 2.96. The Morgan fingerprint density at radius 2 is 2.05 bits per heavy atom. The summed E-state index contributed by atoms with van der Waals surface area (Å²) in [6.45, 7) is 2.99. The lowest BCUT2D eigenvalue weighted by atomic mass is 10.00. The van der Waals surface area contributed by atoms with Gasteiger partial charge in [0.05, 0.1) is 11.3 Å². The molecule has 1 rings (SSSR count). The molecule has 1 amide bonds. The zero-order chi connectivity index (χ0) is 15.5. The standard InChI is InChI=1S/C12H13FN2O5/c1-12(2,6-10(16)17)14-11(18)7-3-4-8(13)9(5-7)15(19)20/h3-5H,6H2,1-2H3,(H,14,18)(H,16,17). The zero-order valence-corrected chi connectivity index (χ0v) is 10.8. The van der Waals surface area contributed by atoms with Crippen LogP contribution in [0.2, 0.25) is 0 Å². The number of hydrogen-bond donors (Lipinski definition) is 2. The molecule has 0 aliphatic heterocycles. The van der Waals surface area contributed by atoms with E-state index in [1.807, 2.05) is 0 Å². The van der Waals surface area contributed by atoms with Gasteiger partial charge < -0.3 is 10.4 Å². The molecule has 0 aromatic heterocycles. The molecule has 1 aromatic carbocycles. The SMILES string of the molecule is CC(C)(CC(=O)O)NC(=O)c1ccc(F)c([N+](=O)[O-])c1. The summed E-state index contributed by atoms with van der Waals surface area (Å²) < 4.78 is 13.1. The normalized spacial score (nSPS) is 10.9. The number of nitro groups is 1. The lowest BCUT2D eigenvalue weighted by Gasteiger charge is -2.24. The van der Waals surface area contributed by atoms with Crippen LogP contribution in [0.3, 0.4) is 0 Å². The van der Waals surface area contributed by atoms with Gasteiger partial charge in [-0.25, -0.2) is 0 Å². The number of benzene rings is 1. The minimum Gasteiger partial charge on any atom is -0.481 e. The number of carbonyl (C=O) groups is 2. The minimum absolute atomic E-state index is 0.114. The van der Waals surface area contributed by atoms with Gasteiger partial charge in [-0.3, -0.25) is 19.7 Å². The van der Waals surface area contributed by atoms with Crippen LogP contribution in [0.1, 0.15) is 30.6 Å². The van der Waals surface area contributed by atoms with Crippen molar-refractivity contribution in [2.75, 3.05) is 0 Å². The van der Waals surface area contributed by atoms with Crippen molar-refractivity contribution < 1.29 is 24.0 Å². The number of amides is 1. The molecule has 0 spiro atoms. The zero-order valence-electron chi connectivity index (χ0n) is 10.8. The molecule has 108 valence electrons. The molecule has 0 heterocycles. The molecule has 20 heavy (non-hydrogen) atoms. The number of halogens is 1. The van der Waals surface area contributed by atoms with Gasteiger partial charge in [0.25, 0.3) is 5.91 Å². The number of carboxylic acid groups (broad SMARTS) is 1. The van der Waals surface area contributed by atoms with Crippen molar-refractivity contribution in [3.63, 3.8) is 0 Å². The molecule has 0 aliphatic carbocycles. The number of rotatable bonds is 5. The van der Waals surface area contributed by atoms with Crippen LogP contribution in [0.4, 0.5) is 10.1 Å². The van der Waals surface area contributed by atoms with Crippen molar-refractivity contribution in [3.8, 4) is 0 Å². The molecule has 0 aliphatic rings. The number of hydrogen-bond acceptors (Lipinski definition) is 4. The Bertz CT molecular complexity index is 571. The summed E-state index contributed by atoms with van der Waals surface area (Å²) in [5.41, 5.74) is -1.96. The first kappa shape index (κ1) is 15.5. The first-order valence-corrected chi connectivity index (χ1v) is 5.60. The van der Waals surface area contributed by atoms with Crippen LogP contribution in [0.5, 0.6) is 0 Å². The third kappa shape index (κ3) is 4.01. The molecule has 0 radical (unpaired) electrons. The molecular weight excluding hydrogens is 271 g/mol. The Kier molecular flexibility index (Phi) is 4.38. The molecule has 2 N–H and O–H groups in total. The lowest BCUT2D eigenvalue weighted by molar-refractivity contribution is -0.387. The topological polar surface area (TPSA) is 110 Å². The van der Waals surface area contributed by atoms with E-state index in [0.717, 1.165) is 18.2 Å². The number of carboxylic acids is 1. The Morgan fingerprint density at radius 3 is 2.55 bits per heavy atom. The Morgan fingerprint density at radius 1 is 1.45 bits per heavy atom. The fraction of sp³-hybridized carbons (Fsp3) is 0.333. The van der Waals surface area contributed by atoms with Crippen molar-refractivity contribution >= 4 is 17.6 Å². The van der Waals surface area contributed by atoms with E-state index < -0.39 is 33.8 Å². The Labute approximate surface area is 113 Å². The van der Waals surface area contributed by atoms with E-state index in [9.17, 15) is 24.1 Å². The van der Waals surface area contributed by atoms with Crippen LogP contribution in [0, 0.1) is 15.9 Å². The summed E-state index contributed by atoms with van der Waals surface area (Å²) in [6.07, 6.45) is -0.317. The van der Waals surface area contributed by atoms with E-state index in [1.54, 1.807) is 0 Å².